The van der Waals surface area contributed by atoms with Crippen LogP contribution in [0.2, 0.25) is 0 Å². The zero-order valence-corrected chi connectivity index (χ0v) is 25.3. The number of urea groups is 1. The maximum atomic E-state index is 13.7. The Morgan fingerprint density at radius 1 is 0.927 bits per heavy atom. The number of methoxy groups -OCH3 is 2. The molecule has 2 aromatic rings. The Balaban J connectivity index is 1.42. The number of benzene rings is 2. The zero-order valence-electron chi connectivity index (χ0n) is 25.3. The monoisotopic (exact) mass is 569 g/mol. The molecule has 2 aliphatic carbocycles. The first-order valence-corrected chi connectivity index (χ1v) is 14.9. The second-order valence-corrected chi connectivity index (χ2v) is 14.0. The van der Waals surface area contributed by atoms with Crippen molar-refractivity contribution in [3.8, 4) is 11.5 Å². The molecular weight excluding hydrogens is 524 g/mol. The van der Waals surface area contributed by atoms with Gasteiger partial charge in [0.15, 0.2) is 23.1 Å². The van der Waals surface area contributed by atoms with Crippen LogP contribution >= 0.6 is 0 Å². The number of hydrogen-bond acceptors (Lipinski definition) is 4. The number of nitrogens with one attached hydrogen (secondary N) is 2. The van der Waals surface area contributed by atoms with E-state index in [0.717, 1.165) is 68.7 Å². The Kier molecular flexibility index (Phi) is 8.01. The normalized spacial score (nSPS) is 27.6. The van der Waals surface area contributed by atoms with Gasteiger partial charge in [0, 0.05) is 35.3 Å². The van der Waals surface area contributed by atoms with Gasteiger partial charge >= 0.3 is 6.03 Å². The van der Waals surface area contributed by atoms with Gasteiger partial charge < -0.3 is 20.1 Å². The largest absolute Gasteiger partial charge is 0.493 e. The van der Waals surface area contributed by atoms with Crippen molar-refractivity contribution in [3.63, 3.8) is 0 Å². The van der Waals surface area contributed by atoms with Gasteiger partial charge in [-0.15, -0.1) is 0 Å². The van der Waals surface area contributed by atoms with Gasteiger partial charge in [0.05, 0.1) is 14.2 Å². The van der Waals surface area contributed by atoms with Gasteiger partial charge in [0.1, 0.15) is 0 Å². The van der Waals surface area contributed by atoms with Crippen molar-refractivity contribution in [2.75, 3.05) is 26.1 Å². The molecule has 5 rings (SSSR count). The highest BCUT2D eigenvalue weighted by molar-refractivity contribution is 5.89. The van der Waals surface area contributed by atoms with Crippen LogP contribution in [0.5, 0.6) is 11.5 Å². The fourth-order valence-electron chi connectivity index (χ4n) is 8.58. The number of likely N-dealkylation sites (tertiary alicyclic amines) is 1. The van der Waals surface area contributed by atoms with Crippen molar-refractivity contribution >= 4 is 11.7 Å². The molecule has 1 saturated heterocycles. The van der Waals surface area contributed by atoms with E-state index in [4.69, 9.17) is 9.47 Å². The van der Waals surface area contributed by atoms with Crippen molar-refractivity contribution in [2.24, 2.45) is 10.8 Å². The van der Waals surface area contributed by atoms with Crippen LogP contribution in [0.25, 0.3) is 0 Å². The number of ether oxygens (including phenoxy) is 2. The second-order valence-electron chi connectivity index (χ2n) is 14.0. The summed E-state index contributed by atoms with van der Waals surface area (Å²) in [4.78, 5) is 15.7. The minimum Gasteiger partial charge on any atom is -0.493 e. The molecule has 2 N–H and O–H groups in total. The van der Waals surface area contributed by atoms with Crippen molar-refractivity contribution in [1.82, 2.24) is 10.2 Å². The van der Waals surface area contributed by atoms with Crippen molar-refractivity contribution in [1.29, 1.82) is 0 Å². The van der Waals surface area contributed by atoms with Crippen molar-refractivity contribution in [3.05, 3.63) is 53.6 Å². The van der Waals surface area contributed by atoms with Crippen LogP contribution < -0.4 is 20.1 Å². The van der Waals surface area contributed by atoms with Crippen LogP contribution in [0.1, 0.15) is 78.2 Å². The molecule has 3 unspecified atom stereocenters. The number of fused-ring (bicyclic) bond motifs is 1. The molecule has 2 aromatic carbocycles. The maximum absolute atomic E-state index is 13.7. The number of anilines is 1. The number of nitrogens with zero attached hydrogens (tertiary/aromatic N) is 1. The number of carbonyl (C=O) groups is 1. The topological polar surface area (TPSA) is 62.8 Å². The minimum absolute atomic E-state index is 0.0382. The third-order valence-corrected chi connectivity index (χ3v) is 9.77. The van der Waals surface area contributed by atoms with E-state index >= 15 is 0 Å². The molecule has 3 fully saturated rings. The molecule has 3 atom stereocenters. The van der Waals surface area contributed by atoms with E-state index in [0.29, 0.717) is 6.04 Å². The van der Waals surface area contributed by atoms with Crippen LogP contribution in [-0.2, 0) is 5.41 Å². The summed E-state index contributed by atoms with van der Waals surface area (Å²) in [6.07, 6.45) is 7.15. The van der Waals surface area contributed by atoms with Crippen LogP contribution in [-0.4, -0.2) is 49.8 Å². The number of halogens is 2. The fraction of sp³-hybridized carbons (Fsp3) is 0.606. The number of hydrogen-bond donors (Lipinski definition) is 2. The number of carbonyl (C=O) groups excluding carboxylic acids is 1. The SMILES string of the molecule is COc1ccc(C23CCC(NC(=O)Nc4ccc(F)c(F)c4)CC2N(C2CC(C)(C)CC(C)(C)C2)CC3)cc1OC. The summed E-state index contributed by atoms with van der Waals surface area (Å²) in [6, 6.07) is 10.0. The average Bonchev–Trinajstić information content (AvgIpc) is 3.28. The van der Waals surface area contributed by atoms with Gasteiger partial charge in [-0.1, -0.05) is 33.8 Å². The Labute approximate surface area is 243 Å². The Morgan fingerprint density at radius 2 is 1.63 bits per heavy atom. The zero-order chi connectivity index (χ0) is 29.6. The highest BCUT2D eigenvalue weighted by atomic mass is 19.2. The lowest BCUT2D eigenvalue weighted by Gasteiger charge is -2.52. The third kappa shape index (κ3) is 6.04. The fourth-order valence-corrected chi connectivity index (χ4v) is 8.58. The summed E-state index contributed by atoms with van der Waals surface area (Å²) in [7, 11) is 3.33. The maximum Gasteiger partial charge on any atom is 0.319 e. The molecule has 2 saturated carbocycles. The molecule has 8 heteroatoms. The lowest BCUT2D eigenvalue weighted by atomic mass is 9.62. The highest BCUT2D eigenvalue weighted by Gasteiger charge is 2.55. The van der Waals surface area contributed by atoms with E-state index in [-0.39, 0.29) is 34.0 Å². The van der Waals surface area contributed by atoms with E-state index in [1.165, 1.54) is 18.1 Å². The Morgan fingerprint density at radius 3 is 2.29 bits per heavy atom. The molecule has 0 aromatic heterocycles. The molecule has 2 amide bonds. The van der Waals surface area contributed by atoms with Gasteiger partial charge in [-0.25, -0.2) is 13.6 Å². The standard InChI is InChI=1S/C33H45F2N3O3/c1-31(2)18-24(19-32(3,4)20-31)38-14-13-33(21-7-10-27(40-5)28(15-21)41-6)12-11-23(17-29(33)38)37-30(39)36-22-8-9-25(34)26(35)16-22/h7-10,15-16,23-24,29H,11-14,17-20H2,1-6H3,(H2,36,37,39). The van der Waals surface area contributed by atoms with Crippen LogP contribution in [0.15, 0.2) is 36.4 Å². The van der Waals surface area contributed by atoms with Gasteiger partial charge in [-0.05, 0) is 92.1 Å². The van der Waals surface area contributed by atoms with Gasteiger partial charge in [0.2, 0.25) is 0 Å². The molecule has 41 heavy (non-hydrogen) atoms. The molecule has 1 heterocycles. The van der Waals surface area contributed by atoms with E-state index in [1.54, 1.807) is 14.2 Å². The summed E-state index contributed by atoms with van der Waals surface area (Å²) >= 11 is 0. The Bertz CT molecular complexity index is 1270. The number of rotatable bonds is 6. The van der Waals surface area contributed by atoms with Crippen LogP contribution in [0.4, 0.5) is 19.3 Å². The average molecular weight is 570 g/mol. The lowest BCUT2D eigenvalue weighted by molar-refractivity contribution is 0.00260. The van der Waals surface area contributed by atoms with E-state index < -0.39 is 17.7 Å². The van der Waals surface area contributed by atoms with Crippen molar-refractivity contribution in [2.45, 2.75) is 96.2 Å². The van der Waals surface area contributed by atoms with E-state index in [2.05, 4.69) is 55.4 Å². The van der Waals surface area contributed by atoms with Gasteiger partial charge in [-0.3, -0.25) is 4.90 Å². The number of amides is 2. The van der Waals surface area contributed by atoms with Gasteiger partial charge in [-0.2, -0.15) is 0 Å². The van der Waals surface area contributed by atoms with E-state index in [9.17, 15) is 13.6 Å². The smallest absolute Gasteiger partial charge is 0.319 e. The first-order chi connectivity index (χ1) is 19.3. The van der Waals surface area contributed by atoms with Gasteiger partial charge in [0.25, 0.3) is 0 Å². The molecule has 0 spiro atoms. The molecule has 6 nitrogen and oxygen atoms in total. The molecule has 1 aliphatic heterocycles. The van der Waals surface area contributed by atoms with E-state index in [1.807, 2.05) is 6.07 Å². The second kappa shape index (κ2) is 11.1. The first kappa shape index (κ1) is 29.6. The summed E-state index contributed by atoms with van der Waals surface area (Å²) in [5, 5.41) is 5.82. The summed E-state index contributed by atoms with van der Waals surface area (Å²) < 4.78 is 38.3. The predicted octanol–water partition coefficient (Wildman–Crippen LogP) is 7.27. The lowest BCUT2D eigenvalue weighted by Crippen LogP contribution is -2.56. The summed E-state index contributed by atoms with van der Waals surface area (Å²) in [6.45, 7) is 10.6. The predicted molar refractivity (Wildman–Crippen MR) is 158 cm³/mol. The molecular formula is C33H45F2N3O3. The van der Waals surface area contributed by atoms with Crippen LogP contribution in [0.3, 0.4) is 0 Å². The third-order valence-electron chi connectivity index (χ3n) is 9.77. The summed E-state index contributed by atoms with van der Waals surface area (Å²) in [5.74, 6) is -0.466. The molecule has 224 valence electrons. The van der Waals surface area contributed by atoms with Crippen molar-refractivity contribution < 1.29 is 23.0 Å². The Hall–Kier alpha value is -2.87. The summed E-state index contributed by atoms with van der Waals surface area (Å²) in [5.41, 5.74) is 1.96. The molecule has 0 bridgehead atoms. The molecule has 3 aliphatic rings. The molecule has 0 radical (unpaired) electrons. The highest BCUT2D eigenvalue weighted by Crippen LogP contribution is 2.54. The quantitative estimate of drug-likeness (QED) is 0.384. The first-order valence-electron chi connectivity index (χ1n) is 14.9. The van der Waals surface area contributed by atoms with Crippen LogP contribution in [0, 0.1) is 22.5 Å². The minimum atomic E-state index is -0.986.